The Hall–Kier alpha value is -2.73. The van der Waals surface area contributed by atoms with Crippen LogP contribution in [0.25, 0.3) is 11.0 Å². The number of rotatable bonds is 6. The van der Waals surface area contributed by atoms with E-state index in [1.54, 1.807) is 0 Å². The lowest BCUT2D eigenvalue weighted by Crippen LogP contribution is -2.49. The number of nitrogens with zero attached hydrogens (tertiary/aromatic N) is 5. The molecule has 1 aliphatic rings. The summed E-state index contributed by atoms with van der Waals surface area (Å²) in [7, 11) is 1.93. The average Bonchev–Trinajstić information content (AvgIpc) is 3.06. The van der Waals surface area contributed by atoms with Crippen molar-refractivity contribution in [2.45, 2.75) is 40.0 Å². The van der Waals surface area contributed by atoms with Gasteiger partial charge in [0.1, 0.15) is 0 Å². The van der Waals surface area contributed by atoms with E-state index in [0.29, 0.717) is 6.42 Å². The van der Waals surface area contributed by atoms with Crippen molar-refractivity contribution in [3.05, 3.63) is 58.4 Å². The highest BCUT2D eigenvalue weighted by Crippen LogP contribution is 2.26. The Balaban J connectivity index is 1.31. The van der Waals surface area contributed by atoms with Crippen LogP contribution in [0.4, 0.5) is 0 Å². The second-order valence-electron chi connectivity index (χ2n) is 8.67. The minimum atomic E-state index is 0.254. The van der Waals surface area contributed by atoms with Gasteiger partial charge in [-0.3, -0.25) is 14.4 Å². The van der Waals surface area contributed by atoms with Gasteiger partial charge in [0.05, 0.1) is 5.69 Å². The highest BCUT2D eigenvalue weighted by molar-refractivity contribution is 5.84. The average molecular weight is 420 g/mol. The molecule has 2 aromatic heterocycles. The van der Waals surface area contributed by atoms with Crippen LogP contribution in [0, 0.1) is 20.8 Å². The number of benzene rings is 1. The Morgan fingerprint density at radius 1 is 0.968 bits per heavy atom. The predicted octanol–water partition coefficient (Wildman–Crippen LogP) is 3.21. The lowest BCUT2D eigenvalue weighted by Gasteiger charge is -2.35. The maximum Gasteiger partial charge on any atom is 0.222 e. The zero-order valence-corrected chi connectivity index (χ0v) is 19.2. The Morgan fingerprint density at radius 2 is 1.68 bits per heavy atom. The monoisotopic (exact) mass is 419 g/mol. The third kappa shape index (κ3) is 4.64. The van der Waals surface area contributed by atoms with Crippen molar-refractivity contribution >= 4 is 16.9 Å². The highest BCUT2D eigenvalue weighted by Gasteiger charge is 2.22. The van der Waals surface area contributed by atoms with Crippen molar-refractivity contribution in [2.75, 3.05) is 32.7 Å². The number of hydrogen-bond donors (Lipinski definition) is 0. The number of pyridine rings is 1. The summed E-state index contributed by atoms with van der Waals surface area (Å²) in [4.78, 5) is 22.2. The number of fused-ring (bicyclic) bond motifs is 1. The normalized spacial score (nSPS) is 15.0. The molecule has 0 radical (unpaired) electrons. The molecule has 0 N–H and O–H groups in total. The minimum absolute atomic E-state index is 0.254. The molecular formula is C25H33N5O. The summed E-state index contributed by atoms with van der Waals surface area (Å²) in [6.07, 6.45) is 2.34. The molecule has 0 atom stereocenters. The van der Waals surface area contributed by atoms with Gasteiger partial charge >= 0.3 is 0 Å². The van der Waals surface area contributed by atoms with Crippen molar-refractivity contribution in [2.24, 2.45) is 7.05 Å². The summed E-state index contributed by atoms with van der Waals surface area (Å²) in [6, 6.07) is 10.6. The first kappa shape index (κ1) is 21.5. The molecule has 0 spiro atoms. The SMILES string of the molecule is Cc1nc2c(c(C)nn2C)c(C)c1CCC(=O)N1CCN(CCc2ccccc2)CC1. The van der Waals surface area contributed by atoms with Crippen LogP contribution >= 0.6 is 0 Å². The predicted molar refractivity (Wildman–Crippen MR) is 124 cm³/mol. The Labute approximate surface area is 184 Å². The Bertz CT molecular complexity index is 1060. The fourth-order valence-corrected chi connectivity index (χ4v) is 4.77. The van der Waals surface area contributed by atoms with Crippen LogP contribution in [0.3, 0.4) is 0 Å². The van der Waals surface area contributed by atoms with Crippen LogP contribution in [-0.2, 0) is 24.7 Å². The van der Waals surface area contributed by atoms with E-state index < -0.39 is 0 Å². The van der Waals surface area contributed by atoms with Crippen LogP contribution in [0.15, 0.2) is 30.3 Å². The largest absolute Gasteiger partial charge is 0.340 e. The number of carbonyl (C=O) groups is 1. The number of piperazine rings is 1. The first-order chi connectivity index (χ1) is 14.9. The van der Waals surface area contributed by atoms with E-state index in [-0.39, 0.29) is 5.91 Å². The van der Waals surface area contributed by atoms with Crippen molar-refractivity contribution in [1.29, 1.82) is 0 Å². The molecule has 1 saturated heterocycles. The molecule has 1 amide bonds. The van der Waals surface area contributed by atoms with Gasteiger partial charge in [0, 0.05) is 57.3 Å². The van der Waals surface area contributed by atoms with E-state index in [1.165, 1.54) is 16.7 Å². The van der Waals surface area contributed by atoms with E-state index in [4.69, 9.17) is 4.98 Å². The van der Waals surface area contributed by atoms with Gasteiger partial charge in [-0.15, -0.1) is 0 Å². The van der Waals surface area contributed by atoms with Gasteiger partial charge in [-0.25, -0.2) is 4.98 Å². The van der Waals surface area contributed by atoms with Crippen LogP contribution in [-0.4, -0.2) is 63.2 Å². The molecule has 1 aromatic carbocycles. The van der Waals surface area contributed by atoms with Crippen LogP contribution in [0.5, 0.6) is 0 Å². The molecular weight excluding hydrogens is 386 g/mol. The van der Waals surface area contributed by atoms with Gasteiger partial charge in [-0.1, -0.05) is 30.3 Å². The number of aryl methyl sites for hydroxylation is 4. The Kier molecular flexibility index (Phi) is 6.37. The minimum Gasteiger partial charge on any atom is -0.340 e. The molecule has 164 valence electrons. The summed E-state index contributed by atoms with van der Waals surface area (Å²) in [6.45, 7) is 10.8. The van der Waals surface area contributed by atoms with Gasteiger partial charge in [-0.05, 0) is 50.3 Å². The second kappa shape index (κ2) is 9.18. The third-order valence-corrected chi connectivity index (χ3v) is 6.60. The molecule has 6 nitrogen and oxygen atoms in total. The number of amides is 1. The van der Waals surface area contributed by atoms with Gasteiger partial charge < -0.3 is 4.90 Å². The van der Waals surface area contributed by atoms with Crippen LogP contribution < -0.4 is 0 Å². The molecule has 0 bridgehead atoms. The summed E-state index contributed by atoms with van der Waals surface area (Å²) in [5, 5.41) is 5.65. The molecule has 1 fully saturated rings. The van der Waals surface area contributed by atoms with Crippen LogP contribution in [0.2, 0.25) is 0 Å². The smallest absolute Gasteiger partial charge is 0.222 e. The lowest BCUT2D eigenvalue weighted by molar-refractivity contribution is -0.132. The first-order valence-corrected chi connectivity index (χ1v) is 11.3. The van der Waals surface area contributed by atoms with E-state index in [9.17, 15) is 4.79 Å². The van der Waals surface area contributed by atoms with Gasteiger partial charge in [0.25, 0.3) is 0 Å². The van der Waals surface area contributed by atoms with Crippen molar-refractivity contribution in [3.8, 4) is 0 Å². The molecule has 4 rings (SSSR count). The van der Waals surface area contributed by atoms with Crippen molar-refractivity contribution in [3.63, 3.8) is 0 Å². The lowest BCUT2D eigenvalue weighted by atomic mass is 9.99. The fourth-order valence-electron chi connectivity index (χ4n) is 4.77. The molecule has 0 unspecified atom stereocenters. The highest BCUT2D eigenvalue weighted by atomic mass is 16.2. The molecule has 1 aliphatic heterocycles. The summed E-state index contributed by atoms with van der Waals surface area (Å²) >= 11 is 0. The zero-order valence-electron chi connectivity index (χ0n) is 19.2. The van der Waals surface area contributed by atoms with E-state index in [1.807, 2.05) is 30.5 Å². The summed E-state index contributed by atoms with van der Waals surface area (Å²) in [5.74, 6) is 0.254. The van der Waals surface area contributed by atoms with E-state index in [0.717, 1.165) is 68.0 Å². The number of carbonyl (C=O) groups excluding carboxylic acids is 1. The number of aromatic nitrogens is 3. The van der Waals surface area contributed by atoms with Crippen molar-refractivity contribution in [1.82, 2.24) is 24.6 Å². The third-order valence-electron chi connectivity index (χ3n) is 6.60. The second-order valence-corrected chi connectivity index (χ2v) is 8.67. The maximum absolute atomic E-state index is 12.9. The zero-order chi connectivity index (χ0) is 22.0. The Morgan fingerprint density at radius 3 is 2.39 bits per heavy atom. The first-order valence-electron chi connectivity index (χ1n) is 11.3. The molecule has 6 heteroatoms. The van der Waals surface area contributed by atoms with Gasteiger partial charge in [0.15, 0.2) is 5.65 Å². The van der Waals surface area contributed by atoms with Crippen LogP contribution in [0.1, 0.15) is 34.5 Å². The number of hydrogen-bond acceptors (Lipinski definition) is 4. The quantitative estimate of drug-likeness (QED) is 0.616. The topological polar surface area (TPSA) is 54.3 Å². The molecule has 31 heavy (non-hydrogen) atoms. The summed E-state index contributed by atoms with van der Waals surface area (Å²) in [5.41, 5.74) is 6.72. The molecule has 0 saturated carbocycles. The summed E-state index contributed by atoms with van der Waals surface area (Å²) < 4.78 is 1.84. The molecule has 3 aromatic rings. The standard InChI is InChI=1S/C25H33N5O/c1-18-22(19(2)26-25-24(18)20(3)27-28(25)4)10-11-23(31)30-16-14-29(15-17-30)13-12-21-8-6-5-7-9-21/h5-9H,10-17H2,1-4H3. The maximum atomic E-state index is 12.9. The van der Waals surface area contributed by atoms with Crippen molar-refractivity contribution < 1.29 is 4.79 Å². The van der Waals surface area contributed by atoms with E-state index >= 15 is 0 Å². The van der Waals surface area contributed by atoms with E-state index in [2.05, 4.69) is 47.3 Å². The molecule has 0 aliphatic carbocycles. The fraction of sp³-hybridized carbons (Fsp3) is 0.480. The molecule has 3 heterocycles. The van der Waals surface area contributed by atoms with Gasteiger partial charge in [-0.2, -0.15) is 5.10 Å². The van der Waals surface area contributed by atoms with Gasteiger partial charge in [0.2, 0.25) is 5.91 Å².